The maximum Gasteiger partial charge on any atom is 0.267 e. The number of amides is 1. The van der Waals surface area contributed by atoms with Gasteiger partial charge in [0, 0.05) is 20.0 Å². The Labute approximate surface area is 156 Å². The van der Waals surface area contributed by atoms with E-state index in [1.165, 1.54) is 27.6 Å². The van der Waals surface area contributed by atoms with Crippen molar-refractivity contribution in [2.75, 3.05) is 5.32 Å². The van der Waals surface area contributed by atoms with Gasteiger partial charge < -0.3 is 5.32 Å². The van der Waals surface area contributed by atoms with Crippen molar-refractivity contribution < 1.29 is 4.79 Å². The van der Waals surface area contributed by atoms with Crippen LogP contribution in [0.2, 0.25) is 10.0 Å². The standard InChI is InChI=1S/C17H10Cl2N2OS2/c18-8-4-5-10-13(6-8)23-15(14(10)19)16(22)21-17-11(7-20)9-2-1-3-12(9)24-17/h4-6H,1-3H2,(H,21,22). The SMILES string of the molecule is N#Cc1c(NC(=O)c2sc3cc(Cl)ccc3c2Cl)sc2c1CCC2. The number of fused-ring (bicyclic) bond motifs is 2. The lowest BCUT2D eigenvalue weighted by Crippen LogP contribution is -2.10. The molecular weight excluding hydrogens is 383 g/mol. The highest BCUT2D eigenvalue weighted by molar-refractivity contribution is 7.22. The average Bonchev–Trinajstić information content (AvgIpc) is 3.20. The van der Waals surface area contributed by atoms with Crippen LogP contribution in [-0.2, 0) is 12.8 Å². The van der Waals surface area contributed by atoms with Crippen LogP contribution in [0, 0.1) is 11.3 Å². The number of carbonyl (C=O) groups excluding carboxylic acids is 1. The van der Waals surface area contributed by atoms with Crippen LogP contribution < -0.4 is 5.32 Å². The largest absolute Gasteiger partial charge is 0.312 e. The van der Waals surface area contributed by atoms with E-state index in [-0.39, 0.29) is 5.91 Å². The normalized spacial score (nSPS) is 13.0. The second-order valence-electron chi connectivity index (χ2n) is 5.51. The summed E-state index contributed by atoms with van der Waals surface area (Å²) in [5.74, 6) is -0.284. The molecule has 0 unspecified atom stereocenters. The lowest BCUT2D eigenvalue weighted by Gasteiger charge is -2.02. The molecule has 0 saturated heterocycles. The van der Waals surface area contributed by atoms with Crippen LogP contribution in [0.3, 0.4) is 0 Å². The van der Waals surface area contributed by atoms with Crippen LogP contribution in [0.5, 0.6) is 0 Å². The molecule has 0 saturated carbocycles. The Morgan fingerprint density at radius 2 is 2.08 bits per heavy atom. The summed E-state index contributed by atoms with van der Waals surface area (Å²) in [6.07, 6.45) is 2.96. The molecule has 0 bridgehead atoms. The van der Waals surface area contributed by atoms with Crippen LogP contribution in [0.25, 0.3) is 10.1 Å². The summed E-state index contributed by atoms with van der Waals surface area (Å²) in [5, 5.41) is 14.8. The van der Waals surface area contributed by atoms with E-state index in [4.69, 9.17) is 23.2 Å². The predicted octanol–water partition coefficient (Wildman–Crippen LogP) is 5.88. The van der Waals surface area contributed by atoms with Gasteiger partial charge in [0.15, 0.2) is 0 Å². The molecule has 1 aliphatic rings. The van der Waals surface area contributed by atoms with Crippen molar-refractivity contribution in [2.45, 2.75) is 19.3 Å². The smallest absolute Gasteiger partial charge is 0.267 e. The fourth-order valence-electron chi connectivity index (χ4n) is 2.96. The second kappa shape index (κ2) is 6.05. The molecule has 0 atom stereocenters. The molecule has 0 fully saturated rings. The van der Waals surface area contributed by atoms with E-state index in [1.54, 1.807) is 12.1 Å². The fourth-order valence-corrected chi connectivity index (χ4v) is 5.88. The first-order chi connectivity index (χ1) is 11.6. The molecule has 0 spiro atoms. The highest BCUT2D eigenvalue weighted by atomic mass is 35.5. The van der Waals surface area contributed by atoms with Gasteiger partial charge in [-0.05, 0) is 37.0 Å². The first kappa shape index (κ1) is 15.9. The molecule has 2 heterocycles. The van der Waals surface area contributed by atoms with Gasteiger partial charge in [-0.3, -0.25) is 4.79 Å². The summed E-state index contributed by atoms with van der Waals surface area (Å²) in [4.78, 5) is 14.3. The summed E-state index contributed by atoms with van der Waals surface area (Å²) in [7, 11) is 0. The van der Waals surface area contributed by atoms with E-state index in [1.807, 2.05) is 6.07 Å². The zero-order valence-electron chi connectivity index (χ0n) is 12.3. The minimum absolute atomic E-state index is 0.284. The van der Waals surface area contributed by atoms with Gasteiger partial charge in [-0.15, -0.1) is 22.7 Å². The van der Waals surface area contributed by atoms with Gasteiger partial charge in [-0.1, -0.05) is 29.3 Å². The fraction of sp³-hybridized carbons (Fsp3) is 0.176. The molecule has 0 aliphatic heterocycles. The summed E-state index contributed by atoms with van der Waals surface area (Å²) in [6.45, 7) is 0. The zero-order valence-corrected chi connectivity index (χ0v) is 15.4. The molecule has 24 heavy (non-hydrogen) atoms. The van der Waals surface area contributed by atoms with E-state index in [9.17, 15) is 10.1 Å². The number of aryl methyl sites for hydroxylation is 1. The van der Waals surface area contributed by atoms with Crippen molar-refractivity contribution in [3.05, 3.63) is 49.1 Å². The molecule has 1 aromatic carbocycles. The van der Waals surface area contributed by atoms with Gasteiger partial charge in [0.1, 0.15) is 15.9 Å². The van der Waals surface area contributed by atoms with Gasteiger partial charge in [-0.2, -0.15) is 5.26 Å². The highest BCUT2D eigenvalue weighted by Crippen LogP contribution is 2.40. The van der Waals surface area contributed by atoms with Gasteiger partial charge in [-0.25, -0.2) is 0 Å². The molecule has 1 N–H and O–H groups in total. The molecule has 1 amide bonds. The third kappa shape index (κ3) is 2.51. The molecule has 7 heteroatoms. The van der Waals surface area contributed by atoms with E-state index >= 15 is 0 Å². The number of thiophene rings is 2. The molecular formula is C17H10Cl2N2OS2. The molecule has 3 aromatic rings. The number of halogens is 2. The van der Waals surface area contributed by atoms with Crippen molar-refractivity contribution in [3.8, 4) is 6.07 Å². The third-order valence-electron chi connectivity index (χ3n) is 4.06. The molecule has 2 aromatic heterocycles. The van der Waals surface area contributed by atoms with E-state index < -0.39 is 0 Å². The average molecular weight is 393 g/mol. The zero-order chi connectivity index (χ0) is 16.8. The number of benzene rings is 1. The minimum Gasteiger partial charge on any atom is -0.312 e. The lowest BCUT2D eigenvalue weighted by atomic mass is 10.1. The number of carbonyl (C=O) groups is 1. The molecule has 1 aliphatic carbocycles. The number of hydrogen-bond donors (Lipinski definition) is 1. The number of hydrogen-bond acceptors (Lipinski definition) is 4. The van der Waals surface area contributed by atoms with Crippen LogP contribution in [-0.4, -0.2) is 5.91 Å². The predicted molar refractivity (Wildman–Crippen MR) is 101 cm³/mol. The molecule has 4 rings (SSSR count). The van der Waals surface area contributed by atoms with Crippen molar-refractivity contribution >= 4 is 66.9 Å². The summed E-state index contributed by atoms with van der Waals surface area (Å²) >= 11 is 15.2. The maximum absolute atomic E-state index is 12.7. The second-order valence-corrected chi connectivity index (χ2v) is 8.48. The number of nitrogens with zero attached hydrogens (tertiary/aromatic N) is 1. The van der Waals surface area contributed by atoms with Gasteiger partial charge in [0.05, 0.1) is 10.6 Å². The monoisotopic (exact) mass is 392 g/mol. The van der Waals surface area contributed by atoms with Crippen LogP contribution >= 0.6 is 45.9 Å². The Balaban J connectivity index is 1.71. The van der Waals surface area contributed by atoms with Crippen molar-refractivity contribution in [2.24, 2.45) is 0 Å². The quantitative estimate of drug-likeness (QED) is 0.591. The number of anilines is 1. The van der Waals surface area contributed by atoms with E-state index in [0.29, 0.717) is 25.5 Å². The Morgan fingerprint density at radius 3 is 2.88 bits per heavy atom. The third-order valence-corrected chi connectivity index (χ3v) is 7.16. The van der Waals surface area contributed by atoms with Crippen LogP contribution in [0.15, 0.2) is 18.2 Å². The minimum atomic E-state index is -0.284. The Hall–Kier alpha value is -1.58. The molecule has 3 nitrogen and oxygen atoms in total. The first-order valence-electron chi connectivity index (χ1n) is 7.32. The Bertz CT molecular complexity index is 1030. The van der Waals surface area contributed by atoms with Gasteiger partial charge in [0.25, 0.3) is 5.91 Å². The summed E-state index contributed by atoms with van der Waals surface area (Å²) < 4.78 is 0.867. The van der Waals surface area contributed by atoms with Crippen molar-refractivity contribution in [1.29, 1.82) is 5.26 Å². The van der Waals surface area contributed by atoms with Gasteiger partial charge >= 0.3 is 0 Å². The maximum atomic E-state index is 12.7. The Morgan fingerprint density at radius 1 is 1.25 bits per heavy atom. The molecule has 120 valence electrons. The lowest BCUT2D eigenvalue weighted by molar-refractivity contribution is 0.103. The highest BCUT2D eigenvalue weighted by Gasteiger charge is 2.25. The number of nitrogens with one attached hydrogen (secondary N) is 1. The topological polar surface area (TPSA) is 52.9 Å². The van der Waals surface area contributed by atoms with E-state index in [2.05, 4.69) is 11.4 Å². The number of rotatable bonds is 2. The number of nitriles is 1. The summed E-state index contributed by atoms with van der Waals surface area (Å²) in [5.41, 5.74) is 1.69. The van der Waals surface area contributed by atoms with Crippen LogP contribution in [0.4, 0.5) is 5.00 Å². The Kier molecular flexibility index (Phi) is 4.01. The van der Waals surface area contributed by atoms with Crippen molar-refractivity contribution in [1.82, 2.24) is 0 Å². The van der Waals surface area contributed by atoms with Crippen LogP contribution in [0.1, 0.15) is 32.1 Å². The first-order valence-corrected chi connectivity index (χ1v) is 9.71. The van der Waals surface area contributed by atoms with E-state index in [0.717, 1.165) is 34.9 Å². The van der Waals surface area contributed by atoms with Crippen molar-refractivity contribution in [3.63, 3.8) is 0 Å². The molecule has 0 radical (unpaired) electrons. The van der Waals surface area contributed by atoms with Gasteiger partial charge in [0.2, 0.25) is 0 Å². The summed E-state index contributed by atoms with van der Waals surface area (Å²) in [6, 6.07) is 7.59.